The third-order valence-electron chi connectivity index (χ3n) is 3.81. The summed E-state index contributed by atoms with van der Waals surface area (Å²) >= 11 is 0. The van der Waals surface area contributed by atoms with E-state index in [0.717, 1.165) is 25.7 Å². The molecule has 2 heteroatoms. The van der Waals surface area contributed by atoms with Crippen molar-refractivity contribution in [1.82, 2.24) is 0 Å². The lowest BCUT2D eigenvalue weighted by Gasteiger charge is -2.33. The van der Waals surface area contributed by atoms with Crippen molar-refractivity contribution in [3.05, 3.63) is 29.3 Å². The van der Waals surface area contributed by atoms with Crippen LogP contribution in [0.3, 0.4) is 0 Å². The van der Waals surface area contributed by atoms with Gasteiger partial charge in [0.15, 0.2) is 0 Å². The van der Waals surface area contributed by atoms with Gasteiger partial charge in [-0.05, 0) is 43.9 Å². The third kappa shape index (κ3) is 2.68. The average Bonchev–Trinajstić information content (AvgIpc) is 2.32. The molecule has 1 aliphatic carbocycles. The van der Waals surface area contributed by atoms with Crippen LogP contribution in [-0.4, -0.2) is 18.9 Å². The minimum Gasteiger partial charge on any atom is -0.371 e. The Balaban J connectivity index is 2.16. The summed E-state index contributed by atoms with van der Waals surface area (Å²) in [5.41, 5.74) is 3.92. The predicted molar refractivity (Wildman–Crippen MR) is 71.6 cm³/mol. The molecule has 1 aromatic carbocycles. The van der Waals surface area contributed by atoms with Crippen molar-refractivity contribution in [2.24, 2.45) is 0 Å². The van der Waals surface area contributed by atoms with E-state index in [-0.39, 0.29) is 0 Å². The first-order valence-corrected chi connectivity index (χ1v) is 6.39. The maximum atomic E-state index is 11.3. The van der Waals surface area contributed by atoms with Crippen molar-refractivity contribution >= 4 is 11.5 Å². The Kier molecular flexibility index (Phi) is 3.51. The minimum atomic E-state index is 0.426. The van der Waals surface area contributed by atoms with E-state index < -0.39 is 0 Å². The Bertz CT molecular complexity index is 415. The molecule has 0 saturated heterocycles. The van der Waals surface area contributed by atoms with Gasteiger partial charge in [0.1, 0.15) is 5.78 Å². The zero-order chi connectivity index (χ0) is 12.4. The summed E-state index contributed by atoms with van der Waals surface area (Å²) in [6.07, 6.45) is 3.51. The van der Waals surface area contributed by atoms with Gasteiger partial charge in [-0.15, -0.1) is 0 Å². The Morgan fingerprint density at radius 3 is 2.47 bits per heavy atom. The van der Waals surface area contributed by atoms with E-state index in [4.69, 9.17) is 0 Å². The maximum Gasteiger partial charge on any atom is 0.133 e. The fraction of sp³-hybridized carbons (Fsp3) is 0.533. The first-order valence-electron chi connectivity index (χ1n) is 6.39. The van der Waals surface area contributed by atoms with Gasteiger partial charge in [0.25, 0.3) is 0 Å². The molecule has 0 unspecified atom stereocenters. The molecular weight excluding hydrogens is 210 g/mol. The topological polar surface area (TPSA) is 20.3 Å². The van der Waals surface area contributed by atoms with Crippen LogP contribution in [0.2, 0.25) is 0 Å². The molecule has 2 nitrogen and oxygen atoms in total. The molecule has 0 radical (unpaired) electrons. The van der Waals surface area contributed by atoms with Gasteiger partial charge < -0.3 is 4.90 Å². The molecule has 1 saturated carbocycles. The van der Waals surface area contributed by atoms with Gasteiger partial charge in [0.2, 0.25) is 0 Å². The van der Waals surface area contributed by atoms with Gasteiger partial charge in [0, 0.05) is 31.6 Å². The van der Waals surface area contributed by atoms with Crippen LogP contribution in [0.25, 0.3) is 0 Å². The van der Waals surface area contributed by atoms with Crippen LogP contribution < -0.4 is 4.90 Å². The zero-order valence-corrected chi connectivity index (χ0v) is 11.0. The highest BCUT2D eigenvalue weighted by atomic mass is 16.1. The highest BCUT2D eigenvalue weighted by Gasteiger charge is 2.23. The monoisotopic (exact) mass is 231 g/mol. The van der Waals surface area contributed by atoms with Crippen molar-refractivity contribution in [2.45, 2.75) is 45.6 Å². The summed E-state index contributed by atoms with van der Waals surface area (Å²) in [6.45, 7) is 4.28. The van der Waals surface area contributed by atoms with Crippen LogP contribution >= 0.6 is 0 Å². The number of carbonyl (C=O) groups is 1. The van der Waals surface area contributed by atoms with E-state index in [0.29, 0.717) is 11.8 Å². The van der Waals surface area contributed by atoms with E-state index in [1.54, 1.807) is 0 Å². The molecule has 2 rings (SSSR count). The Morgan fingerprint density at radius 1 is 1.18 bits per heavy atom. The average molecular weight is 231 g/mol. The van der Waals surface area contributed by atoms with Gasteiger partial charge in [0.05, 0.1) is 0 Å². The number of benzene rings is 1. The molecule has 0 spiro atoms. The fourth-order valence-corrected chi connectivity index (χ4v) is 2.61. The Hall–Kier alpha value is -1.31. The van der Waals surface area contributed by atoms with Gasteiger partial charge >= 0.3 is 0 Å². The van der Waals surface area contributed by atoms with Crippen LogP contribution in [0.4, 0.5) is 5.69 Å². The SMILES string of the molecule is Cc1ccc(C)c(N(C)C2CCC(=O)CC2)c1. The lowest BCUT2D eigenvalue weighted by atomic mass is 9.92. The van der Waals surface area contributed by atoms with E-state index >= 15 is 0 Å². The summed E-state index contributed by atoms with van der Waals surface area (Å²) < 4.78 is 0. The van der Waals surface area contributed by atoms with Crippen LogP contribution in [0.15, 0.2) is 18.2 Å². The second-order valence-corrected chi connectivity index (χ2v) is 5.17. The molecule has 1 aromatic rings. The Labute approximate surface area is 104 Å². The minimum absolute atomic E-state index is 0.426. The van der Waals surface area contributed by atoms with E-state index in [2.05, 4.69) is 44.0 Å². The lowest BCUT2D eigenvalue weighted by Crippen LogP contribution is -2.35. The molecule has 17 heavy (non-hydrogen) atoms. The van der Waals surface area contributed by atoms with Crippen LogP contribution in [0.5, 0.6) is 0 Å². The quantitative estimate of drug-likeness (QED) is 0.778. The number of ketones is 1. The van der Waals surface area contributed by atoms with Crippen LogP contribution in [-0.2, 0) is 4.79 Å². The molecular formula is C15H21NO. The van der Waals surface area contributed by atoms with Crippen LogP contribution in [0.1, 0.15) is 36.8 Å². The van der Waals surface area contributed by atoms with Crippen molar-refractivity contribution in [2.75, 3.05) is 11.9 Å². The van der Waals surface area contributed by atoms with Crippen molar-refractivity contribution < 1.29 is 4.79 Å². The summed E-state index contributed by atoms with van der Waals surface area (Å²) in [7, 11) is 2.15. The number of aryl methyl sites for hydroxylation is 2. The number of Topliss-reactive ketones (excluding diaryl/α,β-unsaturated/α-hetero) is 1. The third-order valence-corrected chi connectivity index (χ3v) is 3.81. The fourth-order valence-electron chi connectivity index (χ4n) is 2.61. The van der Waals surface area contributed by atoms with Gasteiger partial charge in [-0.1, -0.05) is 12.1 Å². The second-order valence-electron chi connectivity index (χ2n) is 5.17. The second kappa shape index (κ2) is 4.91. The number of hydrogen-bond donors (Lipinski definition) is 0. The molecule has 0 bridgehead atoms. The first-order chi connectivity index (χ1) is 8.08. The molecule has 0 aliphatic heterocycles. The highest BCUT2D eigenvalue weighted by molar-refractivity contribution is 5.79. The molecule has 0 N–H and O–H groups in total. The maximum absolute atomic E-state index is 11.3. The Morgan fingerprint density at radius 2 is 1.82 bits per heavy atom. The van der Waals surface area contributed by atoms with Gasteiger partial charge in [-0.3, -0.25) is 4.79 Å². The normalized spacial score (nSPS) is 17.2. The zero-order valence-electron chi connectivity index (χ0n) is 11.0. The first kappa shape index (κ1) is 12.2. The summed E-state index contributed by atoms with van der Waals surface area (Å²) in [5.74, 6) is 0.426. The number of hydrogen-bond acceptors (Lipinski definition) is 2. The molecule has 0 heterocycles. The molecule has 92 valence electrons. The number of anilines is 1. The molecule has 0 aromatic heterocycles. The van der Waals surface area contributed by atoms with Gasteiger partial charge in [-0.25, -0.2) is 0 Å². The van der Waals surface area contributed by atoms with E-state index in [1.165, 1.54) is 16.8 Å². The van der Waals surface area contributed by atoms with Crippen LogP contribution in [0, 0.1) is 13.8 Å². The number of nitrogens with zero attached hydrogens (tertiary/aromatic N) is 1. The molecule has 1 fully saturated rings. The summed E-state index contributed by atoms with van der Waals surface area (Å²) in [4.78, 5) is 13.6. The van der Waals surface area contributed by atoms with Gasteiger partial charge in [-0.2, -0.15) is 0 Å². The largest absolute Gasteiger partial charge is 0.371 e. The lowest BCUT2D eigenvalue weighted by molar-refractivity contribution is -0.120. The highest BCUT2D eigenvalue weighted by Crippen LogP contribution is 2.27. The predicted octanol–water partition coefficient (Wildman–Crippen LogP) is 3.25. The smallest absolute Gasteiger partial charge is 0.133 e. The summed E-state index contributed by atoms with van der Waals surface area (Å²) in [5, 5.41) is 0. The van der Waals surface area contributed by atoms with E-state index in [9.17, 15) is 4.79 Å². The standard InChI is InChI=1S/C15H21NO/c1-11-4-5-12(2)15(10-11)16(3)13-6-8-14(17)9-7-13/h4-5,10,13H,6-9H2,1-3H3. The summed E-state index contributed by atoms with van der Waals surface area (Å²) in [6, 6.07) is 7.09. The van der Waals surface area contributed by atoms with E-state index in [1.807, 2.05) is 0 Å². The molecule has 0 amide bonds. The van der Waals surface area contributed by atoms with Crippen molar-refractivity contribution in [1.29, 1.82) is 0 Å². The van der Waals surface area contributed by atoms with Crippen molar-refractivity contribution in [3.63, 3.8) is 0 Å². The number of rotatable bonds is 2. The molecule has 0 atom stereocenters. The number of carbonyl (C=O) groups excluding carboxylic acids is 1. The molecule has 1 aliphatic rings. The van der Waals surface area contributed by atoms with Crippen molar-refractivity contribution in [3.8, 4) is 0 Å².